The van der Waals surface area contributed by atoms with E-state index in [-0.39, 0.29) is 11.7 Å². The van der Waals surface area contributed by atoms with Gasteiger partial charge in [-0.1, -0.05) is 58.4 Å². The van der Waals surface area contributed by atoms with Crippen molar-refractivity contribution in [3.63, 3.8) is 0 Å². The van der Waals surface area contributed by atoms with Crippen LogP contribution < -0.4 is 5.32 Å². The molecular weight excluding hydrogens is 395 g/mol. The highest BCUT2D eigenvalue weighted by Gasteiger charge is 2.19. The molecule has 3 nitrogen and oxygen atoms in total. The average Bonchev–Trinajstić information content (AvgIpc) is 2.66. The van der Waals surface area contributed by atoms with Crippen LogP contribution in [0.2, 0.25) is 0 Å². The lowest BCUT2D eigenvalue weighted by Gasteiger charge is -2.20. The summed E-state index contributed by atoms with van der Waals surface area (Å²) in [4.78, 5) is 16.4. The second-order valence-electron chi connectivity index (χ2n) is 5.64. The number of aromatic nitrogens is 1. The topological polar surface area (TPSA) is 42.0 Å². The number of pyridine rings is 1. The fourth-order valence-electron chi connectivity index (χ4n) is 2.56. The van der Waals surface area contributed by atoms with Crippen LogP contribution in [0.1, 0.15) is 22.7 Å². The van der Waals surface area contributed by atoms with Crippen LogP contribution in [0.5, 0.6) is 0 Å². The van der Waals surface area contributed by atoms with Gasteiger partial charge in [-0.25, -0.2) is 4.39 Å². The molecule has 1 N–H and O–H groups in total. The summed E-state index contributed by atoms with van der Waals surface area (Å²) in [7, 11) is 0. The van der Waals surface area contributed by atoms with Crippen LogP contribution in [0.4, 0.5) is 4.39 Å². The molecule has 0 fully saturated rings. The molecule has 0 radical (unpaired) electrons. The van der Waals surface area contributed by atoms with Crippen molar-refractivity contribution < 1.29 is 9.18 Å². The molecule has 1 amide bonds. The molecule has 1 atom stereocenters. The Kier molecular flexibility index (Phi) is 5.92. The van der Waals surface area contributed by atoms with Crippen LogP contribution in [-0.4, -0.2) is 10.9 Å². The normalized spacial score (nSPS) is 12.1. The van der Waals surface area contributed by atoms with Crippen LogP contribution in [0.15, 0.2) is 83.6 Å². The van der Waals surface area contributed by atoms with E-state index in [9.17, 15) is 9.18 Å². The maximum atomic E-state index is 14.5. The summed E-state index contributed by atoms with van der Waals surface area (Å²) in [6.45, 7) is 0. The van der Waals surface area contributed by atoms with E-state index in [1.165, 1.54) is 12.1 Å². The minimum atomic E-state index is -0.588. The Balaban J connectivity index is 1.87. The zero-order valence-electron chi connectivity index (χ0n) is 13.8. The number of carbonyl (C=O) groups is 1. The molecule has 0 bridgehead atoms. The van der Waals surface area contributed by atoms with E-state index >= 15 is 0 Å². The minimum Gasteiger partial charge on any atom is -0.342 e. The predicted molar refractivity (Wildman–Crippen MR) is 104 cm³/mol. The maximum absolute atomic E-state index is 14.5. The second kappa shape index (κ2) is 8.54. The van der Waals surface area contributed by atoms with Gasteiger partial charge >= 0.3 is 0 Å². The lowest BCUT2D eigenvalue weighted by Crippen LogP contribution is -2.28. The molecule has 1 unspecified atom stereocenters. The fraction of sp³-hybridized carbons (Fsp3) is 0.0476. The van der Waals surface area contributed by atoms with Crippen LogP contribution in [0.25, 0.3) is 6.08 Å². The molecule has 0 saturated carbocycles. The molecule has 0 aliphatic carbocycles. The van der Waals surface area contributed by atoms with E-state index in [2.05, 4.69) is 26.2 Å². The first-order valence-electron chi connectivity index (χ1n) is 8.02. The van der Waals surface area contributed by atoms with E-state index in [1.807, 2.05) is 36.4 Å². The summed E-state index contributed by atoms with van der Waals surface area (Å²) in [5.41, 5.74) is 2.02. The third-order valence-corrected chi connectivity index (χ3v) is 4.30. The van der Waals surface area contributed by atoms with Gasteiger partial charge in [0.1, 0.15) is 5.82 Å². The molecule has 26 heavy (non-hydrogen) atoms. The van der Waals surface area contributed by atoms with Crippen LogP contribution in [0.3, 0.4) is 0 Å². The number of hydrogen-bond acceptors (Lipinski definition) is 2. The van der Waals surface area contributed by atoms with Gasteiger partial charge in [0.15, 0.2) is 0 Å². The molecular formula is C21H16BrFN2O. The van der Waals surface area contributed by atoms with Gasteiger partial charge in [-0.15, -0.1) is 0 Å². The van der Waals surface area contributed by atoms with Gasteiger partial charge in [-0.3, -0.25) is 9.78 Å². The lowest BCUT2D eigenvalue weighted by molar-refractivity contribution is -0.116. The van der Waals surface area contributed by atoms with Gasteiger partial charge in [-0.05, 0) is 35.4 Å². The number of hydrogen-bond donors (Lipinski definition) is 1. The van der Waals surface area contributed by atoms with Crippen molar-refractivity contribution in [1.29, 1.82) is 0 Å². The molecule has 3 aromatic rings. The van der Waals surface area contributed by atoms with Crippen molar-refractivity contribution >= 4 is 27.9 Å². The Hall–Kier alpha value is -2.79. The standard InChI is InChI=1S/C21H16BrFN2O/c22-17-9-10-18(19(23)13-17)21(16-6-2-1-3-7-16)25-20(26)11-8-15-5-4-12-24-14-15/h1-14,21H,(H,25,26)/b11-8+. The lowest BCUT2D eigenvalue weighted by atomic mass is 9.98. The Labute approximate surface area is 159 Å². The van der Waals surface area contributed by atoms with Crippen LogP contribution in [0, 0.1) is 5.82 Å². The number of nitrogens with one attached hydrogen (secondary N) is 1. The summed E-state index contributed by atoms with van der Waals surface area (Å²) in [6.07, 6.45) is 6.41. The van der Waals surface area contributed by atoms with Gasteiger partial charge in [0.2, 0.25) is 5.91 Å². The van der Waals surface area contributed by atoms with Crippen molar-refractivity contribution in [1.82, 2.24) is 10.3 Å². The number of carbonyl (C=O) groups excluding carboxylic acids is 1. The largest absolute Gasteiger partial charge is 0.342 e. The molecule has 1 heterocycles. The molecule has 0 aliphatic rings. The molecule has 0 saturated heterocycles. The number of amides is 1. The first-order valence-corrected chi connectivity index (χ1v) is 8.81. The van der Waals surface area contributed by atoms with Crippen molar-refractivity contribution in [3.8, 4) is 0 Å². The Morgan fingerprint density at radius 3 is 2.62 bits per heavy atom. The Morgan fingerprint density at radius 2 is 1.92 bits per heavy atom. The van der Waals surface area contributed by atoms with Crippen molar-refractivity contribution in [3.05, 3.63) is 106 Å². The summed E-state index contributed by atoms with van der Waals surface area (Å²) >= 11 is 3.26. The SMILES string of the molecule is O=C(/C=C/c1cccnc1)NC(c1ccccc1)c1ccc(Br)cc1F. The maximum Gasteiger partial charge on any atom is 0.244 e. The average molecular weight is 411 g/mol. The molecule has 5 heteroatoms. The monoisotopic (exact) mass is 410 g/mol. The smallest absolute Gasteiger partial charge is 0.244 e. The van der Waals surface area contributed by atoms with Crippen molar-refractivity contribution in [2.45, 2.75) is 6.04 Å². The molecule has 0 aliphatic heterocycles. The molecule has 130 valence electrons. The predicted octanol–water partition coefficient (Wildman–Crippen LogP) is 4.90. The van der Waals surface area contributed by atoms with E-state index in [0.717, 1.165) is 11.1 Å². The molecule has 2 aromatic carbocycles. The summed E-state index contributed by atoms with van der Waals surface area (Å²) in [5.74, 6) is -0.699. The summed E-state index contributed by atoms with van der Waals surface area (Å²) in [5, 5.41) is 2.88. The number of rotatable bonds is 5. The number of benzene rings is 2. The third-order valence-electron chi connectivity index (χ3n) is 3.80. The molecule has 3 rings (SSSR count). The summed E-state index contributed by atoms with van der Waals surface area (Å²) < 4.78 is 15.1. The third kappa shape index (κ3) is 4.64. The second-order valence-corrected chi connectivity index (χ2v) is 6.55. The fourth-order valence-corrected chi connectivity index (χ4v) is 2.89. The van der Waals surface area contributed by atoms with Crippen LogP contribution >= 0.6 is 15.9 Å². The van der Waals surface area contributed by atoms with Gasteiger partial charge in [0.05, 0.1) is 6.04 Å². The van der Waals surface area contributed by atoms with E-state index in [4.69, 9.17) is 0 Å². The van der Waals surface area contributed by atoms with Crippen LogP contribution in [-0.2, 0) is 4.79 Å². The quantitative estimate of drug-likeness (QED) is 0.607. The zero-order valence-corrected chi connectivity index (χ0v) is 15.4. The minimum absolute atomic E-state index is 0.315. The van der Waals surface area contributed by atoms with Crippen molar-refractivity contribution in [2.24, 2.45) is 0 Å². The summed E-state index contributed by atoms with van der Waals surface area (Å²) in [6, 6.07) is 17.2. The molecule has 1 aromatic heterocycles. The number of halogens is 2. The number of nitrogens with zero attached hydrogens (tertiary/aromatic N) is 1. The molecule has 0 spiro atoms. The Bertz CT molecular complexity index is 914. The highest BCUT2D eigenvalue weighted by atomic mass is 79.9. The first-order chi connectivity index (χ1) is 12.6. The Morgan fingerprint density at radius 1 is 1.12 bits per heavy atom. The highest BCUT2D eigenvalue weighted by Crippen LogP contribution is 2.26. The van der Waals surface area contributed by atoms with E-state index in [0.29, 0.717) is 10.0 Å². The van der Waals surface area contributed by atoms with Gasteiger partial charge in [-0.2, -0.15) is 0 Å². The highest BCUT2D eigenvalue weighted by molar-refractivity contribution is 9.10. The van der Waals surface area contributed by atoms with Gasteiger partial charge < -0.3 is 5.32 Å². The van der Waals surface area contributed by atoms with Gasteiger partial charge in [0, 0.05) is 28.5 Å². The zero-order chi connectivity index (χ0) is 18.4. The van der Waals surface area contributed by atoms with E-state index in [1.54, 1.807) is 36.7 Å². The van der Waals surface area contributed by atoms with Crippen molar-refractivity contribution in [2.75, 3.05) is 0 Å². The van der Waals surface area contributed by atoms with E-state index < -0.39 is 6.04 Å². The first kappa shape index (κ1) is 18.0. The van der Waals surface area contributed by atoms with Gasteiger partial charge in [0.25, 0.3) is 0 Å².